The summed E-state index contributed by atoms with van der Waals surface area (Å²) in [6, 6.07) is 4.39. The fourth-order valence-electron chi connectivity index (χ4n) is 2.29. The van der Waals surface area contributed by atoms with Crippen LogP contribution >= 0.6 is 0 Å². The Morgan fingerprint density at radius 2 is 1.90 bits per heavy atom. The van der Waals surface area contributed by atoms with E-state index in [0.717, 1.165) is 23.3 Å². The third kappa shape index (κ3) is 3.57. The molecule has 1 atom stereocenters. The third-order valence-electron chi connectivity index (χ3n) is 2.99. The van der Waals surface area contributed by atoms with Crippen molar-refractivity contribution in [2.75, 3.05) is 0 Å². The number of nitrogens with two attached hydrogens (primary N) is 1. The first kappa shape index (κ1) is 14.5. The van der Waals surface area contributed by atoms with Gasteiger partial charge >= 0.3 is 0 Å². The average Bonchev–Trinajstić information content (AvgIpc) is 2.73. The van der Waals surface area contributed by atoms with Gasteiger partial charge in [-0.05, 0) is 50.8 Å². The minimum Gasteiger partial charge on any atom is -0.483 e. The van der Waals surface area contributed by atoms with Crippen LogP contribution in [0.1, 0.15) is 35.3 Å². The van der Waals surface area contributed by atoms with Crippen molar-refractivity contribution in [2.45, 2.75) is 46.8 Å². The van der Waals surface area contributed by atoms with E-state index in [1.807, 2.05) is 20.8 Å². The van der Waals surface area contributed by atoms with Gasteiger partial charge in [-0.15, -0.1) is 0 Å². The topological polar surface area (TPSA) is 74.2 Å². The maximum Gasteiger partial charge on any atom is 0.264 e. The predicted molar refractivity (Wildman–Crippen MR) is 76.6 cm³/mol. The van der Waals surface area contributed by atoms with E-state index in [4.69, 9.17) is 15.0 Å². The minimum absolute atomic E-state index is 0.155. The maximum absolute atomic E-state index is 5.84. The SMILES string of the molecule is Cc1noc(COc2c(C)cc(CC(C)N)cc2C)n1. The fraction of sp³-hybridized carbons (Fsp3) is 0.467. The summed E-state index contributed by atoms with van der Waals surface area (Å²) in [5.74, 6) is 1.97. The Balaban J connectivity index is 2.11. The lowest BCUT2D eigenvalue weighted by atomic mass is 10.0. The Morgan fingerprint density at radius 3 is 2.40 bits per heavy atom. The smallest absolute Gasteiger partial charge is 0.264 e. The molecule has 0 spiro atoms. The van der Waals surface area contributed by atoms with E-state index in [2.05, 4.69) is 22.3 Å². The molecule has 0 bridgehead atoms. The molecule has 0 aliphatic heterocycles. The summed E-state index contributed by atoms with van der Waals surface area (Å²) in [6.45, 7) is 8.15. The molecule has 2 aromatic rings. The van der Waals surface area contributed by atoms with Gasteiger partial charge in [0.15, 0.2) is 12.4 Å². The normalized spacial score (nSPS) is 12.4. The first-order valence-corrected chi connectivity index (χ1v) is 6.73. The molecule has 0 fully saturated rings. The molecule has 5 nitrogen and oxygen atoms in total. The molecule has 20 heavy (non-hydrogen) atoms. The van der Waals surface area contributed by atoms with Crippen LogP contribution in [0.3, 0.4) is 0 Å². The Kier molecular flexibility index (Phi) is 4.39. The number of rotatable bonds is 5. The van der Waals surface area contributed by atoms with E-state index in [9.17, 15) is 0 Å². The molecule has 2 N–H and O–H groups in total. The fourth-order valence-corrected chi connectivity index (χ4v) is 2.29. The first-order chi connectivity index (χ1) is 9.45. The molecule has 0 saturated carbocycles. The van der Waals surface area contributed by atoms with Crippen LogP contribution in [0.5, 0.6) is 5.75 Å². The standard InChI is InChI=1S/C15H21N3O2/c1-9-5-13(7-11(3)16)6-10(2)15(9)19-8-14-17-12(4)18-20-14/h5-6,11H,7-8,16H2,1-4H3. The van der Waals surface area contributed by atoms with E-state index < -0.39 is 0 Å². The molecule has 1 aromatic heterocycles. The monoisotopic (exact) mass is 275 g/mol. The summed E-state index contributed by atoms with van der Waals surface area (Å²) in [6.07, 6.45) is 0.866. The van der Waals surface area contributed by atoms with Crippen molar-refractivity contribution in [3.8, 4) is 5.75 Å². The Labute approximate surface area is 119 Å². The zero-order valence-corrected chi connectivity index (χ0v) is 12.4. The quantitative estimate of drug-likeness (QED) is 0.907. The van der Waals surface area contributed by atoms with Crippen molar-refractivity contribution in [1.82, 2.24) is 10.1 Å². The second-order valence-electron chi connectivity index (χ2n) is 5.26. The van der Waals surface area contributed by atoms with Crippen molar-refractivity contribution in [3.63, 3.8) is 0 Å². The summed E-state index contributed by atoms with van der Waals surface area (Å²) < 4.78 is 10.8. The van der Waals surface area contributed by atoms with Crippen LogP contribution in [-0.2, 0) is 13.0 Å². The number of aryl methyl sites for hydroxylation is 3. The molecule has 0 amide bonds. The predicted octanol–water partition coefficient (Wildman–Crippen LogP) is 2.46. The summed E-state index contributed by atoms with van der Waals surface area (Å²) in [5, 5.41) is 3.74. The van der Waals surface area contributed by atoms with Crippen LogP contribution in [-0.4, -0.2) is 16.2 Å². The number of hydrogen-bond donors (Lipinski definition) is 1. The van der Waals surface area contributed by atoms with Crippen LogP contribution in [0.25, 0.3) is 0 Å². The summed E-state index contributed by atoms with van der Waals surface area (Å²) in [4.78, 5) is 4.12. The van der Waals surface area contributed by atoms with Gasteiger partial charge in [0, 0.05) is 6.04 Å². The van der Waals surface area contributed by atoms with Crippen LogP contribution in [0.15, 0.2) is 16.7 Å². The van der Waals surface area contributed by atoms with Gasteiger partial charge in [-0.3, -0.25) is 0 Å². The minimum atomic E-state index is 0.155. The maximum atomic E-state index is 5.84. The third-order valence-corrected chi connectivity index (χ3v) is 2.99. The molecule has 0 aliphatic carbocycles. The molecule has 2 rings (SSSR count). The van der Waals surface area contributed by atoms with Gasteiger partial charge in [-0.2, -0.15) is 4.98 Å². The largest absolute Gasteiger partial charge is 0.483 e. The van der Waals surface area contributed by atoms with Gasteiger partial charge in [0.05, 0.1) is 0 Å². The van der Waals surface area contributed by atoms with Crippen LogP contribution in [0.2, 0.25) is 0 Å². The van der Waals surface area contributed by atoms with Gasteiger partial charge < -0.3 is 15.0 Å². The highest BCUT2D eigenvalue weighted by molar-refractivity contribution is 5.43. The lowest BCUT2D eigenvalue weighted by molar-refractivity contribution is 0.240. The number of benzene rings is 1. The Morgan fingerprint density at radius 1 is 1.25 bits per heavy atom. The van der Waals surface area contributed by atoms with E-state index >= 15 is 0 Å². The van der Waals surface area contributed by atoms with Crippen molar-refractivity contribution < 1.29 is 9.26 Å². The zero-order chi connectivity index (χ0) is 14.7. The van der Waals surface area contributed by atoms with E-state index in [1.165, 1.54) is 5.56 Å². The Bertz CT molecular complexity index is 568. The van der Waals surface area contributed by atoms with Gasteiger partial charge in [0.2, 0.25) is 0 Å². The van der Waals surface area contributed by atoms with Crippen LogP contribution in [0.4, 0.5) is 0 Å². The second kappa shape index (κ2) is 6.05. The zero-order valence-electron chi connectivity index (χ0n) is 12.4. The average molecular weight is 275 g/mol. The number of ether oxygens (including phenoxy) is 1. The van der Waals surface area contributed by atoms with Gasteiger partial charge in [0.25, 0.3) is 5.89 Å². The van der Waals surface area contributed by atoms with Gasteiger partial charge in [-0.1, -0.05) is 17.3 Å². The van der Waals surface area contributed by atoms with Gasteiger partial charge in [-0.25, -0.2) is 0 Å². The molecular weight excluding hydrogens is 254 g/mol. The molecule has 1 heterocycles. The highest BCUT2D eigenvalue weighted by Crippen LogP contribution is 2.26. The summed E-state index contributed by atoms with van der Waals surface area (Å²) >= 11 is 0. The molecular formula is C15H21N3O2. The molecule has 5 heteroatoms. The number of nitrogens with zero attached hydrogens (tertiary/aromatic N) is 2. The van der Waals surface area contributed by atoms with E-state index in [1.54, 1.807) is 6.92 Å². The van der Waals surface area contributed by atoms with Crippen molar-refractivity contribution in [1.29, 1.82) is 0 Å². The lowest BCUT2D eigenvalue weighted by Crippen LogP contribution is -2.18. The highest BCUT2D eigenvalue weighted by Gasteiger charge is 2.10. The molecule has 1 aromatic carbocycles. The van der Waals surface area contributed by atoms with E-state index in [-0.39, 0.29) is 12.6 Å². The number of hydrogen-bond acceptors (Lipinski definition) is 5. The molecule has 0 aliphatic rings. The first-order valence-electron chi connectivity index (χ1n) is 6.73. The lowest BCUT2D eigenvalue weighted by Gasteiger charge is -2.14. The highest BCUT2D eigenvalue weighted by atomic mass is 16.5. The molecule has 0 radical (unpaired) electrons. The second-order valence-corrected chi connectivity index (χ2v) is 5.26. The van der Waals surface area contributed by atoms with Crippen LogP contribution in [0, 0.1) is 20.8 Å². The van der Waals surface area contributed by atoms with E-state index in [0.29, 0.717) is 11.7 Å². The molecule has 1 unspecified atom stereocenters. The van der Waals surface area contributed by atoms with Gasteiger partial charge in [0.1, 0.15) is 5.75 Å². The molecule has 108 valence electrons. The van der Waals surface area contributed by atoms with Crippen molar-refractivity contribution >= 4 is 0 Å². The Hall–Kier alpha value is -1.88. The summed E-state index contributed by atoms with van der Waals surface area (Å²) in [7, 11) is 0. The van der Waals surface area contributed by atoms with Crippen molar-refractivity contribution in [3.05, 3.63) is 40.5 Å². The molecule has 0 saturated heterocycles. The summed E-state index contributed by atoms with van der Waals surface area (Å²) in [5.41, 5.74) is 9.26. The van der Waals surface area contributed by atoms with Crippen LogP contribution < -0.4 is 10.5 Å². The number of aromatic nitrogens is 2. The van der Waals surface area contributed by atoms with Crippen molar-refractivity contribution in [2.24, 2.45) is 5.73 Å².